The molecule has 0 aromatic carbocycles. The van der Waals surface area contributed by atoms with Crippen LogP contribution in [-0.4, -0.2) is 22.4 Å². The van der Waals surface area contributed by atoms with E-state index in [0.29, 0.717) is 0 Å². The first-order valence-corrected chi connectivity index (χ1v) is 4.17. The van der Waals surface area contributed by atoms with E-state index in [2.05, 4.69) is 22.5 Å². The fourth-order valence-electron chi connectivity index (χ4n) is 0.805. The number of halogens is 1. The summed E-state index contributed by atoms with van der Waals surface area (Å²) in [4.78, 5) is 15.0. The van der Waals surface area contributed by atoms with Gasteiger partial charge in [-0.05, 0) is 6.07 Å². The highest BCUT2D eigenvalue weighted by Crippen LogP contribution is 1.99. The zero-order valence-electron chi connectivity index (χ0n) is 7.16. The number of nitrogens with two attached hydrogens (primary N) is 1. The quantitative estimate of drug-likeness (QED) is 0.706. The van der Waals surface area contributed by atoms with Gasteiger partial charge in [-0.15, -0.1) is 0 Å². The Labute approximate surface area is 85.3 Å². The van der Waals surface area contributed by atoms with Crippen LogP contribution in [0.15, 0.2) is 18.5 Å². The Morgan fingerprint density at radius 1 is 1.64 bits per heavy atom. The minimum atomic E-state index is -0.562. The Morgan fingerprint density at radius 3 is 2.93 bits per heavy atom. The van der Waals surface area contributed by atoms with Crippen LogP contribution in [0.4, 0.5) is 4.39 Å². The predicted octanol–water partition coefficient (Wildman–Crippen LogP) is 0.237. The fraction of sp³-hybridized carbons (Fsp3) is 0.125. The molecular formula is C8H8FN3OS. The average molecular weight is 213 g/mol. The molecule has 1 amide bonds. The molecule has 1 heterocycles. The Balaban J connectivity index is 2.65. The normalized spacial score (nSPS) is 9.50. The smallest absolute Gasteiger partial charge is 0.253 e. The van der Waals surface area contributed by atoms with Crippen LogP contribution < -0.4 is 11.1 Å². The Kier molecular flexibility index (Phi) is 3.47. The number of carbonyl (C=O) groups is 1. The number of pyridine rings is 1. The van der Waals surface area contributed by atoms with E-state index in [1.165, 1.54) is 6.20 Å². The summed E-state index contributed by atoms with van der Waals surface area (Å²) in [5.74, 6) is -1.02. The number of hydrogen-bond acceptors (Lipinski definition) is 3. The molecule has 6 heteroatoms. The molecule has 0 fully saturated rings. The maximum atomic E-state index is 12.6. The highest BCUT2D eigenvalue weighted by molar-refractivity contribution is 7.80. The van der Waals surface area contributed by atoms with Gasteiger partial charge in [0.2, 0.25) is 0 Å². The van der Waals surface area contributed by atoms with Crippen molar-refractivity contribution in [1.29, 1.82) is 0 Å². The molecule has 0 bridgehead atoms. The van der Waals surface area contributed by atoms with E-state index < -0.39 is 11.7 Å². The minimum absolute atomic E-state index is 0.0880. The Hall–Kier alpha value is -1.56. The van der Waals surface area contributed by atoms with Crippen molar-refractivity contribution < 1.29 is 9.18 Å². The van der Waals surface area contributed by atoms with Gasteiger partial charge in [-0.1, -0.05) is 12.2 Å². The average Bonchev–Trinajstić information content (AvgIpc) is 2.14. The molecule has 1 aromatic rings. The maximum absolute atomic E-state index is 12.6. The predicted molar refractivity (Wildman–Crippen MR) is 53.3 cm³/mol. The number of nitrogens with zero attached hydrogens (tertiary/aromatic N) is 1. The van der Waals surface area contributed by atoms with Gasteiger partial charge < -0.3 is 11.1 Å². The lowest BCUT2D eigenvalue weighted by molar-refractivity contribution is 0.0958. The number of hydrogen-bond donors (Lipinski definition) is 2. The molecule has 0 aliphatic carbocycles. The van der Waals surface area contributed by atoms with Crippen LogP contribution in [0, 0.1) is 5.82 Å². The standard InChI is InChI=1S/C8H8FN3OS/c9-6-1-5(2-11-3-6)8(13)12-4-7(10)14/h1-3H,4H2,(H2,10,14)(H,12,13). The molecule has 0 atom stereocenters. The van der Waals surface area contributed by atoms with Crippen molar-refractivity contribution in [2.75, 3.05) is 6.54 Å². The van der Waals surface area contributed by atoms with Gasteiger partial charge in [0.1, 0.15) is 5.82 Å². The van der Waals surface area contributed by atoms with Crippen LogP contribution in [-0.2, 0) is 0 Å². The summed E-state index contributed by atoms with van der Waals surface area (Å²) >= 11 is 4.56. The van der Waals surface area contributed by atoms with E-state index in [9.17, 15) is 9.18 Å². The molecule has 0 unspecified atom stereocenters. The van der Waals surface area contributed by atoms with E-state index in [1.54, 1.807) is 0 Å². The topological polar surface area (TPSA) is 68.0 Å². The number of amides is 1. The molecule has 0 spiro atoms. The van der Waals surface area contributed by atoms with E-state index in [4.69, 9.17) is 5.73 Å². The van der Waals surface area contributed by atoms with Crippen LogP contribution in [0.2, 0.25) is 0 Å². The maximum Gasteiger partial charge on any atom is 0.253 e. The molecule has 0 radical (unpaired) electrons. The van der Waals surface area contributed by atoms with E-state index >= 15 is 0 Å². The van der Waals surface area contributed by atoms with Crippen molar-refractivity contribution in [2.45, 2.75) is 0 Å². The van der Waals surface area contributed by atoms with Crippen LogP contribution in [0.5, 0.6) is 0 Å². The second-order valence-corrected chi connectivity index (χ2v) is 3.07. The lowest BCUT2D eigenvalue weighted by Gasteiger charge is -2.02. The highest BCUT2D eigenvalue weighted by atomic mass is 32.1. The van der Waals surface area contributed by atoms with Crippen LogP contribution in [0.3, 0.4) is 0 Å². The van der Waals surface area contributed by atoms with Gasteiger partial charge >= 0.3 is 0 Å². The largest absolute Gasteiger partial charge is 0.392 e. The molecule has 0 aliphatic heterocycles. The van der Waals surface area contributed by atoms with Crippen LogP contribution in [0.1, 0.15) is 10.4 Å². The SMILES string of the molecule is NC(=S)CNC(=O)c1cncc(F)c1. The molecule has 0 saturated heterocycles. The van der Waals surface area contributed by atoms with Gasteiger partial charge in [0.05, 0.1) is 23.3 Å². The molecule has 3 N–H and O–H groups in total. The molecule has 0 saturated carbocycles. The van der Waals surface area contributed by atoms with Gasteiger partial charge in [-0.3, -0.25) is 9.78 Å². The van der Waals surface area contributed by atoms with Crippen molar-refractivity contribution in [2.24, 2.45) is 5.73 Å². The van der Waals surface area contributed by atoms with E-state index in [-0.39, 0.29) is 17.1 Å². The Bertz CT molecular complexity index is 369. The first-order valence-electron chi connectivity index (χ1n) is 3.76. The molecule has 14 heavy (non-hydrogen) atoms. The van der Waals surface area contributed by atoms with E-state index in [1.807, 2.05) is 0 Å². The van der Waals surface area contributed by atoms with Crippen LogP contribution in [0.25, 0.3) is 0 Å². The third kappa shape index (κ3) is 3.06. The first kappa shape index (κ1) is 10.5. The number of rotatable bonds is 3. The van der Waals surface area contributed by atoms with Crippen LogP contribution >= 0.6 is 12.2 Å². The minimum Gasteiger partial charge on any atom is -0.392 e. The molecular weight excluding hydrogens is 205 g/mol. The van der Waals surface area contributed by atoms with Gasteiger partial charge in [-0.25, -0.2) is 4.39 Å². The monoisotopic (exact) mass is 213 g/mol. The second kappa shape index (κ2) is 4.61. The summed E-state index contributed by atoms with van der Waals surface area (Å²) in [5.41, 5.74) is 5.32. The zero-order chi connectivity index (χ0) is 10.6. The third-order valence-electron chi connectivity index (χ3n) is 1.39. The first-order chi connectivity index (χ1) is 6.59. The lowest BCUT2D eigenvalue weighted by atomic mass is 10.2. The molecule has 1 aromatic heterocycles. The third-order valence-corrected chi connectivity index (χ3v) is 1.53. The molecule has 1 rings (SSSR count). The van der Waals surface area contributed by atoms with Gasteiger partial charge in [0, 0.05) is 6.20 Å². The summed E-state index contributed by atoms with van der Waals surface area (Å²) in [6, 6.07) is 1.09. The summed E-state index contributed by atoms with van der Waals surface area (Å²) in [6.07, 6.45) is 2.28. The zero-order valence-corrected chi connectivity index (χ0v) is 7.97. The molecule has 4 nitrogen and oxygen atoms in total. The van der Waals surface area contributed by atoms with Gasteiger partial charge in [0.15, 0.2) is 0 Å². The number of aromatic nitrogens is 1. The van der Waals surface area contributed by atoms with E-state index in [0.717, 1.165) is 12.3 Å². The Morgan fingerprint density at radius 2 is 2.36 bits per heavy atom. The van der Waals surface area contributed by atoms with Crippen molar-refractivity contribution in [3.05, 3.63) is 29.8 Å². The number of carbonyl (C=O) groups excluding carboxylic acids is 1. The summed E-state index contributed by atoms with van der Waals surface area (Å²) in [6.45, 7) is 0.0880. The van der Waals surface area contributed by atoms with Crippen molar-refractivity contribution in [3.63, 3.8) is 0 Å². The highest BCUT2D eigenvalue weighted by Gasteiger charge is 2.06. The number of thiocarbonyl (C=S) groups is 1. The second-order valence-electron chi connectivity index (χ2n) is 2.54. The van der Waals surface area contributed by atoms with Crippen molar-refractivity contribution >= 4 is 23.1 Å². The van der Waals surface area contributed by atoms with Crippen molar-refractivity contribution in [1.82, 2.24) is 10.3 Å². The summed E-state index contributed by atoms with van der Waals surface area (Å²) in [5, 5.41) is 2.41. The van der Waals surface area contributed by atoms with Crippen molar-refractivity contribution in [3.8, 4) is 0 Å². The fourth-order valence-corrected chi connectivity index (χ4v) is 0.878. The summed E-state index contributed by atoms with van der Waals surface area (Å²) in [7, 11) is 0. The van der Waals surface area contributed by atoms with Gasteiger partial charge in [0.25, 0.3) is 5.91 Å². The molecule has 0 aliphatic rings. The summed E-state index contributed by atoms with van der Waals surface area (Å²) < 4.78 is 12.6. The lowest BCUT2D eigenvalue weighted by Crippen LogP contribution is -2.32. The van der Waals surface area contributed by atoms with Gasteiger partial charge in [-0.2, -0.15) is 0 Å². The molecule has 74 valence electrons. The number of nitrogens with one attached hydrogen (secondary N) is 1.